The third kappa shape index (κ3) is 13.4. The van der Waals surface area contributed by atoms with Gasteiger partial charge in [0.05, 0.1) is 12.6 Å². The van der Waals surface area contributed by atoms with E-state index in [1.165, 1.54) is 17.0 Å². The molecule has 2 aliphatic rings. The molecule has 0 bridgehead atoms. The van der Waals surface area contributed by atoms with E-state index in [-0.39, 0.29) is 23.9 Å². The van der Waals surface area contributed by atoms with E-state index < -0.39 is 97.0 Å². The number of halogens is 2. The van der Waals surface area contributed by atoms with E-state index in [0.717, 1.165) is 26.3 Å². The van der Waals surface area contributed by atoms with Gasteiger partial charge in [-0.15, -0.1) is 0 Å². The normalized spacial score (nSPS) is 18.2. The van der Waals surface area contributed by atoms with Crippen LogP contribution in [-0.4, -0.2) is 107 Å². The van der Waals surface area contributed by atoms with Gasteiger partial charge in [-0.2, -0.15) is 0 Å². The molecule has 1 saturated heterocycles. The Hall–Kier alpha value is -4.67. The quantitative estimate of drug-likeness (QED) is 0.102. The number of ether oxygens (including phenoxy) is 1. The number of likely N-dealkylation sites (N-methyl/N-ethyl adjacent to an activating group) is 1. The van der Waals surface area contributed by atoms with E-state index in [1.807, 2.05) is 0 Å². The third-order valence-electron chi connectivity index (χ3n) is 9.09. The Bertz CT molecular complexity index is 1450. The number of hydrogen-bond donors (Lipinski definition) is 5. The number of benzene rings is 1. The number of nitrogens with one attached hydrogen (secondary N) is 4. The van der Waals surface area contributed by atoms with Gasteiger partial charge in [-0.3, -0.25) is 34.0 Å². The van der Waals surface area contributed by atoms with Gasteiger partial charge >= 0.3 is 6.09 Å². The van der Waals surface area contributed by atoms with E-state index in [1.54, 1.807) is 39.0 Å². The predicted octanol–water partition coefficient (Wildman–Crippen LogP) is 2.76. The van der Waals surface area contributed by atoms with Crippen molar-refractivity contribution >= 4 is 41.4 Å². The first kappa shape index (κ1) is 42.7. The molecule has 4 atom stereocenters. The minimum Gasteiger partial charge on any atom is -0.444 e. The molecule has 6 amide bonds. The molecule has 1 saturated carbocycles. The summed E-state index contributed by atoms with van der Waals surface area (Å²) >= 11 is 0. The highest BCUT2D eigenvalue weighted by molar-refractivity contribution is 6.38. The smallest absolute Gasteiger partial charge is 0.408 e. The summed E-state index contributed by atoms with van der Waals surface area (Å²) in [6.45, 7) is 4.44. The molecule has 1 aromatic carbocycles. The van der Waals surface area contributed by atoms with Crippen molar-refractivity contribution in [3.63, 3.8) is 0 Å². The van der Waals surface area contributed by atoms with Crippen LogP contribution in [0.5, 0.6) is 0 Å². The lowest BCUT2D eigenvalue weighted by atomic mass is 9.83. The first-order chi connectivity index (χ1) is 25.0. The summed E-state index contributed by atoms with van der Waals surface area (Å²) in [5.41, 5.74) is -0.501. The van der Waals surface area contributed by atoms with Gasteiger partial charge in [0.2, 0.25) is 29.9 Å². The van der Waals surface area contributed by atoms with Gasteiger partial charge in [-0.05, 0) is 70.8 Å². The van der Waals surface area contributed by atoms with Gasteiger partial charge in [-0.1, -0.05) is 49.6 Å². The predicted molar refractivity (Wildman–Crippen MR) is 186 cm³/mol. The number of carbonyl (C=O) groups is 7. The summed E-state index contributed by atoms with van der Waals surface area (Å²) in [5.74, 6) is -5.97. The average molecular weight is 751 g/mol. The van der Waals surface area contributed by atoms with E-state index in [0.29, 0.717) is 31.2 Å². The number of carbonyl (C=O) groups excluding carboxylic acids is 7. The van der Waals surface area contributed by atoms with Crippen molar-refractivity contribution in [1.29, 1.82) is 0 Å². The van der Waals surface area contributed by atoms with Crippen LogP contribution in [0.3, 0.4) is 0 Å². The fourth-order valence-corrected chi connectivity index (χ4v) is 6.50. The molecule has 0 radical (unpaired) electrons. The van der Waals surface area contributed by atoms with Crippen molar-refractivity contribution in [2.24, 2.45) is 5.92 Å². The Balaban J connectivity index is 1.73. The van der Waals surface area contributed by atoms with E-state index in [2.05, 4.69) is 21.3 Å². The van der Waals surface area contributed by atoms with Crippen LogP contribution >= 0.6 is 0 Å². The SMILES string of the molecule is CN(O)C(=O)C(NC(=O)CNC(=O)C(=O)C(CCC(F)F)NC(=O)C1CCCCN1C(=O)C(NC(=O)OC(C)(C)C)C1CCCCC1)c1ccccc1. The van der Waals surface area contributed by atoms with Crippen molar-refractivity contribution in [2.45, 2.75) is 121 Å². The molecule has 5 N–H and O–H groups in total. The Morgan fingerprint density at radius 1 is 0.906 bits per heavy atom. The van der Waals surface area contributed by atoms with Crippen LogP contribution in [0.1, 0.15) is 96.6 Å². The number of piperidine rings is 1. The number of alkyl halides is 2. The molecule has 1 aromatic rings. The summed E-state index contributed by atoms with van der Waals surface area (Å²) in [5, 5.41) is 19.5. The monoisotopic (exact) mass is 750 g/mol. The molecule has 0 spiro atoms. The molecule has 294 valence electrons. The fraction of sp³-hybridized carbons (Fsp3) is 0.639. The molecule has 15 nitrogen and oxygen atoms in total. The summed E-state index contributed by atoms with van der Waals surface area (Å²) in [6, 6.07) is 2.79. The zero-order valence-corrected chi connectivity index (χ0v) is 30.7. The number of rotatable bonds is 15. The summed E-state index contributed by atoms with van der Waals surface area (Å²) in [7, 11) is 1.07. The number of likely N-dealkylation sites (tertiary alicyclic amines) is 1. The van der Waals surface area contributed by atoms with Crippen LogP contribution in [0, 0.1) is 5.92 Å². The number of ketones is 1. The first-order valence-corrected chi connectivity index (χ1v) is 18.0. The Labute approximate surface area is 307 Å². The molecule has 0 aromatic heterocycles. The topological polar surface area (TPSA) is 204 Å². The second-order valence-corrected chi connectivity index (χ2v) is 14.4. The van der Waals surface area contributed by atoms with Crippen LogP contribution in [0.4, 0.5) is 13.6 Å². The standard InChI is InChI=1S/C36H52F2N6O9/c1-36(2,3)53-35(51)42-29(23-15-9-6-10-16-23)34(50)44-20-12-11-17-25(44)31(47)40-24(18-19-26(37)38)30(46)32(48)39-21-27(45)41-28(33(49)43(4)52)22-13-7-5-8-14-22/h5,7-8,13-14,23-26,28-29,52H,6,9-12,15-21H2,1-4H3,(H,39,48)(H,40,47)(H,41,45)(H,42,51). The van der Waals surface area contributed by atoms with Crippen molar-refractivity contribution in [2.75, 3.05) is 20.1 Å². The second kappa shape index (κ2) is 20.0. The fourth-order valence-electron chi connectivity index (χ4n) is 6.50. The molecule has 1 aliphatic carbocycles. The minimum atomic E-state index is -2.86. The van der Waals surface area contributed by atoms with Crippen LogP contribution in [-0.2, 0) is 33.5 Å². The average Bonchev–Trinajstić information content (AvgIpc) is 3.12. The molecule has 53 heavy (non-hydrogen) atoms. The molecular weight excluding hydrogens is 698 g/mol. The second-order valence-electron chi connectivity index (χ2n) is 14.4. The lowest BCUT2D eigenvalue weighted by Crippen LogP contribution is -2.61. The summed E-state index contributed by atoms with van der Waals surface area (Å²) in [6.07, 6.45) is 0.255. The molecule has 4 unspecified atom stereocenters. The lowest BCUT2D eigenvalue weighted by molar-refractivity contribution is -0.162. The zero-order chi connectivity index (χ0) is 39.3. The van der Waals surface area contributed by atoms with Gasteiger partial charge in [0.1, 0.15) is 23.7 Å². The highest BCUT2D eigenvalue weighted by atomic mass is 19.3. The first-order valence-electron chi connectivity index (χ1n) is 18.0. The summed E-state index contributed by atoms with van der Waals surface area (Å²) < 4.78 is 32.0. The molecule has 1 aliphatic heterocycles. The van der Waals surface area contributed by atoms with Gasteiger partial charge < -0.3 is 30.9 Å². The van der Waals surface area contributed by atoms with Gasteiger partial charge in [0.15, 0.2) is 0 Å². The van der Waals surface area contributed by atoms with E-state index >= 15 is 0 Å². The summed E-state index contributed by atoms with van der Waals surface area (Å²) in [4.78, 5) is 93.4. The Morgan fingerprint density at radius 3 is 2.15 bits per heavy atom. The molecule has 2 fully saturated rings. The molecule has 1 heterocycles. The number of nitrogens with zero attached hydrogens (tertiary/aromatic N) is 2. The van der Waals surface area contributed by atoms with Crippen molar-refractivity contribution in [3.8, 4) is 0 Å². The number of amides is 6. The van der Waals surface area contributed by atoms with Crippen LogP contribution < -0.4 is 21.3 Å². The van der Waals surface area contributed by atoms with Gasteiger partial charge in [-0.25, -0.2) is 18.6 Å². The number of hydrogen-bond acceptors (Lipinski definition) is 9. The number of alkyl carbamates (subject to hydrolysis) is 1. The maximum atomic E-state index is 14.1. The van der Waals surface area contributed by atoms with Crippen molar-refractivity contribution in [1.82, 2.24) is 31.2 Å². The van der Waals surface area contributed by atoms with Crippen LogP contribution in [0.15, 0.2) is 30.3 Å². The zero-order valence-electron chi connectivity index (χ0n) is 30.7. The minimum absolute atomic E-state index is 0.167. The van der Waals surface area contributed by atoms with Crippen LogP contribution in [0.25, 0.3) is 0 Å². The van der Waals surface area contributed by atoms with E-state index in [9.17, 15) is 47.5 Å². The lowest BCUT2D eigenvalue weighted by Gasteiger charge is -2.40. The molecular formula is C36H52F2N6O9. The maximum absolute atomic E-state index is 14.1. The highest BCUT2D eigenvalue weighted by Crippen LogP contribution is 2.29. The van der Waals surface area contributed by atoms with Crippen LogP contribution in [0.2, 0.25) is 0 Å². The molecule has 3 rings (SSSR count). The van der Waals surface area contributed by atoms with Gasteiger partial charge in [0.25, 0.3) is 11.8 Å². The Kier molecular flexibility index (Phi) is 16.1. The number of Topliss-reactive ketones (excluding diaryl/α,β-unsaturated/α-hetero) is 1. The van der Waals surface area contributed by atoms with Crippen molar-refractivity contribution in [3.05, 3.63) is 35.9 Å². The maximum Gasteiger partial charge on any atom is 0.408 e. The van der Waals surface area contributed by atoms with Gasteiger partial charge in [0, 0.05) is 20.0 Å². The molecule has 17 heteroatoms. The number of hydroxylamine groups is 2. The Morgan fingerprint density at radius 2 is 1.55 bits per heavy atom. The third-order valence-corrected chi connectivity index (χ3v) is 9.09. The highest BCUT2D eigenvalue weighted by Gasteiger charge is 2.41. The largest absolute Gasteiger partial charge is 0.444 e. The van der Waals surface area contributed by atoms with Crippen molar-refractivity contribution < 1.29 is 52.3 Å². The van der Waals surface area contributed by atoms with E-state index in [4.69, 9.17) is 4.74 Å².